The third-order valence-corrected chi connectivity index (χ3v) is 6.55. The SMILES string of the molecule is CC(C)(C)OC(=O)NC1CCc2c(sc(N)c2-c2nc3cnccc3s2)C1. The first kappa shape index (κ1) is 18.2. The number of thiophene rings is 1. The van der Waals surface area contributed by atoms with Gasteiger partial charge in [0.15, 0.2) is 0 Å². The number of rotatable bonds is 2. The molecule has 0 bridgehead atoms. The number of amides is 1. The molecule has 3 aromatic rings. The minimum Gasteiger partial charge on any atom is -0.444 e. The van der Waals surface area contributed by atoms with Crippen molar-refractivity contribution in [1.29, 1.82) is 0 Å². The number of nitrogens with zero attached hydrogens (tertiary/aromatic N) is 2. The minimum absolute atomic E-state index is 0.0674. The Morgan fingerprint density at radius 2 is 2.19 bits per heavy atom. The van der Waals surface area contributed by atoms with Crippen LogP contribution in [0.3, 0.4) is 0 Å². The zero-order valence-electron chi connectivity index (χ0n) is 15.5. The third kappa shape index (κ3) is 3.77. The normalized spacial score (nSPS) is 16.9. The number of hydrogen-bond donors (Lipinski definition) is 2. The molecule has 142 valence electrons. The summed E-state index contributed by atoms with van der Waals surface area (Å²) in [5.41, 5.74) is 9.10. The molecular weight excluding hydrogens is 380 g/mol. The van der Waals surface area contributed by atoms with E-state index in [1.54, 1.807) is 35.1 Å². The molecule has 0 aromatic carbocycles. The van der Waals surface area contributed by atoms with Crippen molar-refractivity contribution in [2.45, 2.75) is 51.7 Å². The largest absolute Gasteiger partial charge is 0.444 e. The Labute approximate surface area is 165 Å². The summed E-state index contributed by atoms with van der Waals surface area (Å²) in [7, 11) is 0. The Morgan fingerprint density at radius 1 is 1.37 bits per heavy atom. The number of fused-ring (bicyclic) bond motifs is 2. The number of carbonyl (C=O) groups is 1. The summed E-state index contributed by atoms with van der Waals surface area (Å²) in [5.74, 6) is 0. The monoisotopic (exact) mass is 402 g/mol. The number of nitrogens with one attached hydrogen (secondary N) is 1. The second-order valence-corrected chi connectivity index (χ2v) is 9.86. The van der Waals surface area contributed by atoms with Crippen LogP contribution >= 0.6 is 22.7 Å². The van der Waals surface area contributed by atoms with Gasteiger partial charge in [-0.15, -0.1) is 22.7 Å². The molecule has 0 radical (unpaired) electrons. The third-order valence-electron chi connectivity index (χ3n) is 4.42. The highest BCUT2D eigenvalue weighted by atomic mass is 32.1. The molecule has 1 unspecified atom stereocenters. The number of hydrogen-bond acceptors (Lipinski definition) is 7. The number of thiazole rings is 1. The van der Waals surface area contributed by atoms with Crippen molar-refractivity contribution in [2.24, 2.45) is 0 Å². The Kier molecular flexibility index (Phi) is 4.55. The number of carbonyl (C=O) groups excluding carboxylic acids is 1. The molecule has 1 aliphatic carbocycles. The highest BCUT2D eigenvalue weighted by Crippen LogP contribution is 2.44. The molecule has 0 aliphatic heterocycles. The number of aromatic nitrogens is 2. The topological polar surface area (TPSA) is 90.1 Å². The predicted molar refractivity (Wildman–Crippen MR) is 110 cm³/mol. The van der Waals surface area contributed by atoms with Crippen molar-refractivity contribution in [3.05, 3.63) is 28.9 Å². The zero-order valence-corrected chi connectivity index (χ0v) is 17.2. The van der Waals surface area contributed by atoms with Crippen LogP contribution in [0.4, 0.5) is 9.80 Å². The van der Waals surface area contributed by atoms with Crippen molar-refractivity contribution in [3.8, 4) is 10.6 Å². The highest BCUT2D eigenvalue weighted by molar-refractivity contribution is 7.22. The number of anilines is 1. The van der Waals surface area contributed by atoms with E-state index >= 15 is 0 Å². The second-order valence-electron chi connectivity index (χ2n) is 7.69. The number of nitrogen functional groups attached to an aromatic ring is 1. The molecule has 4 rings (SSSR count). The first-order valence-electron chi connectivity index (χ1n) is 8.90. The summed E-state index contributed by atoms with van der Waals surface area (Å²) in [6.45, 7) is 5.60. The molecule has 3 aromatic heterocycles. The summed E-state index contributed by atoms with van der Waals surface area (Å²) in [5, 5.41) is 4.74. The van der Waals surface area contributed by atoms with Gasteiger partial charge in [0.05, 0.1) is 15.9 Å². The standard InChI is InChI=1S/C19H22N4O2S2/c1-19(2,3)25-18(24)22-10-4-5-11-14(8-10)26-16(20)15(11)17-23-12-9-21-7-6-13(12)27-17/h6-7,9-10H,4-5,8,20H2,1-3H3,(H,22,24). The van der Waals surface area contributed by atoms with Crippen LogP contribution < -0.4 is 11.1 Å². The number of pyridine rings is 1. The molecule has 1 atom stereocenters. The molecule has 8 heteroatoms. The molecule has 1 aliphatic rings. The van der Waals surface area contributed by atoms with Crippen molar-refractivity contribution in [2.75, 3.05) is 5.73 Å². The molecule has 0 saturated carbocycles. The first-order valence-corrected chi connectivity index (χ1v) is 10.5. The fourth-order valence-corrected chi connectivity index (χ4v) is 5.61. The van der Waals surface area contributed by atoms with E-state index < -0.39 is 5.60 Å². The molecule has 3 N–H and O–H groups in total. The van der Waals surface area contributed by atoms with Gasteiger partial charge in [-0.3, -0.25) is 4.98 Å². The Morgan fingerprint density at radius 3 is 2.93 bits per heavy atom. The van der Waals surface area contributed by atoms with Crippen LogP contribution in [0.2, 0.25) is 0 Å². The maximum absolute atomic E-state index is 12.1. The van der Waals surface area contributed by atoms with E-state index in [2.05, 4.69) is 10.3 Å². The van der Waals surface area contributed by atoms with E-state index in [1.807, 2.05) is 26.8 Å². The van der Waals surface area contributed by atoms with Crippen LogP contribution in [0.25, 0.3) is 20.8 Å². The Balaban J connectivity index is 1.56. The maximum atomic E-state index is 12.1. The van der Waals surface area contributed by atoms with Crippen molar-refractivity contribution in [3.63, 3.8) is 0 Å². The molecule has 27 heavy (non-hydrogen) atoms. The Bertz CT molecular complexity index is 970. The number of alkyl carbamates (subject to hydrolysis) is 1. The van der Waals surface area contributed by atoms with Crippen LogP contribution in [-0.2, 0) is 17.6 Å². The van der Waals surface area contributed by atoms with E-state index in [1.165, 1.54) is 10.4 Å². The van der Waals surface area contributed by atoms with Gasteiger partial charge in [0.2, 0.25) is 0 Å². The average molecular weight is 403 g/mol. The lowest BCUT2D eigenvalue weighted by molar-refractivity contribution is 0.0500. The quantitative estimate of drug-likeness (QED) is 0.664. The molecule has 3 heterocycles. The Hall–Kier alpha value is -2.19. The fraction of sp³-hybridized carbons (Fsp3) is 0.421. The van der Waals surface area contributed by atoms with Gasteiger partial charge < -0.3 is 15.8 Å². The molecule has 0 fully saturated rings. The summed E-state index contributed by atoms with van der Waals surface area (Å²) in [6.07, 6.45) is 5.71. The van der Waals surface area contributed by atoms with Crippen molar-refractivity contribution < 1.29 is 9.53 Å². The van der Waals surface area contributed by atoms with Crippen LogP contribution in [0.5, 0.6) is 0 Å². The number of ether oxygens (including phenoxy) is 1. The summed E-state index contributed by atoms with van der Waals surface area (Å²) < 4.78 is 6.49. The molecule has 1 amide bonds. The van der Waals surface area contributed by atoms with Gasteiger partial charge in [0, 0.05) is 29.1 Å². The van der Waals surface area contributed by atoms with Gasteiger partial charge in [-0.25, -0.2) is 9.78 Å². The first-order chi connectivity index (χ1) is 12.8. The minimum atomic E-state index is -0.494. The predicted octanol–water partition coefficient (Wildman–Crippen LogP) is 4.38. The van der Waals surface area contributed by atoms with Gasteiger partial charge in [0.1, 0.15) is 16.1 Å². The summed E-state index contributed by atoms with van der Waals surface area (Å²) in [6, 6.07) is 2.05. The van der Waals surface area contributed by atoms with E-state index in [0.717, 1.165) is 45.1 Å². The van der Waals surface area contributed by atoms with E-state index in [9.17, 15) is 4.79 Å². The smallest absolute Gasteiger partial charge is 0.407 e. The summed E-state index contributed by atoms with van der Waals surface area (Å²) >= 11 is 3.25. The van der Waals surface area contributed by atoms with Gasteiger partial charge in [-0.1, -0.05) is 0 Å². The van der Waals surface area contributed by atoms with Crippen LogP contribution in [0.15, 0.2) is 18.5 Å². The molecular formula is C19H22N4O2S2. The number of nitrogens with two attached hydrogens (primary N) is 1. The molecule has 0 spiro atoms. The fourth-order valence-electron chi connectivity index (χ4n) is 3.33. The van der Waals surface area contributed by atoms with Crippen LogP contribution in [0, 0.1) is 0 Å². The average Bonchev–Trinajstić information content (AvgIpc) is 3.11. The van der Waals surface area contributed by atoms with E-state index in [4.69, 9.17) is 15.5 Å². The van der Waals surface area contributed by atoms with E-state index in [0.29, 0.717) is 0 Å². The maximum Gasteiger partial charge on any atom is 0.407 e. The van der Waals surface area contributed by atoms with Crippen LogP contribution in [-0.4, -0.2) is 27.7 Å². The highest BCUT2D eigenvalue weighted by Gasteiger charge is 2.29. The second kappa shape index (κ2) is 6.76. The van der Waals surface area contributed by atoms with Gasteiger partial charge >= 0.3 is 6.09 Å². The molecule has 0 saturated heterocycles. The van der Waals surface area contributed by atoms with Gasteiger partial charge in [-0.05, 0) is 45.2 Å². The zero-order chi connectivity index (χ0) is 19.2. The van der Waals surface area contributed by atoms with Crippen molar-refractivity contribution in [1.82, 2.24) is 15.3 Å². The van der Waals surface area contributed by atoms with E-state index in [-0.39, 0.29) is 12.1 Å². The van der Waals surface area contributed by atoms with Crippen molar-refractivity contribution >= 4 is 44.0 Å². The summed E-state index contributed by atoms with van der Waals surface area (Å²) in [4.78, 5) is 22.2. The lowest BCUT2D eigenvalue weighted by Crippen LogP contribution is -2.41. The van der Waals surface area contributed by atoms with Crippen LogP contribution in [0.1, 0.15) is 37.6 Å². The lowest BCUT2D eigenvalue weighted by Gasteiger charge is -2.26. The van der Waals surface area contributed by atoms with Gasteiger partial charge in [0.25, 0.3) is 0 Å². The molecule has 6 nitrogen and oxygen atoms in total. The van der Waals surface area contributed by atoms with Gasteiger partial charge in [-0.2, -0.15) is 0 Å². The lowest BCUT2D eigenvalue weighted by atomic mass is 9.92.